The summed E-state index contributed by atoms with van der Waals surface area (Å²) in [5, 5.41) is 12.7. The zero-order valence-corrected chi connectivity index (χ0v) is 20.2. The number of thioether (sulfide) groups is 1. The summed E-state index contributed by atoms with van der Waals surface area (Å²) in [6.07, 6.45) is 0. The highest BCUT2D eigenvalue weighted by Crippen LogP contribution is 2.34. The molecule has 0 radical (unpaired) electrons. The van der Waals surface area contributed by atoms with Crippen LogP contribution < -0.4 is 15.0 Å². The Balaban J connectivity index is 1.48. The summed E-state index contributed by atoms with van der Waals surface area (Å²) in [4.78, 5) is 26.8. The highest BCUT2D eigenvalue weighted by Gasteiger charge is 2.27. The largest absolute Gasteiger partial charge is 0.496 e. The lowest BCUT2D eigenvalue weighted by Crippen LogP contribution is -2.43. The van der Waals surface area contributed by atoms with E-state index in [1.165, 1.54) is 16.7 Å². The Hall–Kier alpha value is -3.82. The normalized spacial score (nSPS) is 12.7. The Bertz CT molecular complexity index is 1410. The van der Waals surface area contributed by atoms with Crippen molar-refractivity contribution in [1.29, 1.82) is 0 Å². The Labute approximate surface area is 210 Å². The maximum atomic E-state index is 13.2. The van der Waals surface area contributed by atoms with E-state index < -0.39 is 0 Å². The first-order valence-electron chi connectivity index (χ1n) is 10.7. The minimum absolute atomic E-state index is 0.0350. The van der Waals surface area contributed by atoms with Crippen LogP contribution in [0.5, 0.6) is 5.75 Å². The standard InChI is InChI=1S/C25H20ClN5O3S/c1-34-21-9-5-2-6-18(21)24-28-29-25(31(24)17-12-10-16(26)11-13-17)35-15-23(33)30-14-22(32)27-19-7-3-4-8-20(19)30/h2-13H,14-15H2,1H3,(H,27,32). The number of carbonyl (C=O) groups is 2. The van der Waals surface area contributed by atoms with Gasteiger partial charge in [-0.25, -0.2) is 0 Å². The number of benzene rings is 3. The zero-order chi connectivity index (χ0) is 24.4. The molecular formula is C25H20ClN5O3S. The summed E-state index contributed by atoms with van der Waals surface area (Å²) in [6, 6.07) is 22.1. The van der Waals surface area contributed by atoms with Crippen molar-refractivity contribution in [3.05, 3.63) is 77.8 Å². The van der Waals surface area contributed by atoms with Crippen molar-refractivity contribution in [2.24, 2.45) is 0 Å². The minimum Gasteiger partial charge on any atom is -0.496 e. The van der Waals surface area contributed by atoms with Gasteiger partial charge in [-0.3, -0.25) is 14.2 Å². The van der Waals surface area contributed by atoms with E-state index in [0.717, 1.165) is 11.3 Å². The number of ether oxygens (including phenoxy) is 1. The van der Waals surface area contributed by atoms with Crippen LogP contribution in [-0.2, 0) is 9.59 Å². The SMILES string of the molecule is COc1ccccc1-c1nnc(SCC(=O)N2CC(=O)Nc3ccccc32)n1-c1ccc(Cl)cc1. The Morgan fingerprint density at radius 3 is 2.60 bits per heavy atom. The molecule has 1 N–H and O–H groups in total. The van der Waals surface area contributed by atoms with Crippen molar-refractivity contribution in [3.8, 4) is 22.8 Å². The maximum Gasteiger partial charge on any atom is 0.244 e. The minimum atomic E-state index is -0.232. The lowest BCUT2D eigenvalue weighted by molar-refractivity contribution is -0.120. The summed E-state index contributed by atoms with van der Waals surface area (Å²) < 4.78 is 7.40. The summed E-state index contributed by atoms with van der Waals surface area (Å²) in [5.74, 6) is 0.854. The van der Waals surface area contributed by atoms with Crippen molar-refractivity contribution >= 4 is 46.6 Å². The fourth-order valence-corrected chi connectivity index (χ4v) is 4.80. The van der Waals surface area contributed by atoms with Crippen molar-refractivity contribution < 1.29 is 14.3 Å². The number of aromatic nitrogens is 3. The third-order valence-electron chi connectivity index (χ3n) is 5.46. The number of hydrogen-bond donors (Lipinski definition) is 1. The quantitative estimate of drug-likeness (QED) is 0.383. The monoisotopic (exact) mass is 505 g/mol. The molecule has 8 nitrogen and oxygen atoms in total. The number of anilines is 2. The van der Waals surface area contributed by atoms with Crippen LogP contribution >= 0.6 is 23.4 Å². The molecule has 0 bridgehead atoms. The van der Waals surface area contributed by atoms with E-state index in [9.17, 15) is 9.59 Å². The molecule has 0 unspecified atom stereocenters. The molecular weight excluding hydrogens is 486 g/mol. The Morgan fingerprint density at radius 1 is 1.06 bits per heavy atom. The van der Waals surface area contributed by atoms with Gasteiger partial charge >= 0.3 is 0 Å². The van der Waals surface area contributed by atoms with Gasteiger partial charge in [0.25, 0.3) is 0 Å². The van der Waals surface area contributed by atoms with Crippen LogP contribution in [0.4, 0.5) is 11.4 Å². The smallest absolute Gasteiger partial charge is 0.244 e. The highest BCUT2D eigenvalue weighted by atomic mass is 35.5. The van der Waals surface area contributed by atoms with Crippen LogP contribution in [0.25, 0.3) is 17.1 Å². The van der Waals surface area contributed by atoms with Gasteiger partial charge in [0.05, 0.1) is 29.8 Å². The van der Waals surface area contributed by atoms with Crippen molar-refractivity contribution in [1.82, 2.24) is 14.8 Å². The zero-order valence-electron chi connectivity index (χ0n) is 18.6. The Morgan fingerprint density at radius 2 is 1.80 bits per heavy atom. The number of rotatable bonds is 6. The number of nitrogens with zero attached hydrogens (tertiary/aromatic N) is 4. The number of carbonyl (C=O) groups excluding carboxylic acids is 2. The van der Waals surface area contributed by atoms with E-state index in [4.69, 9.17) is 16.3 Å². The number of hydrogen-bond acceptors (Lipinski definition) is 6. The van der Waals surface area contributed by atoms with Gasteiger partial charge in [0.2, 0.25) is 11.8 Å². The van der Waals surface area contributed by atoms with Gasteiger partial charge in [0, 0.05) is 10.7 Å². The fraction of sp³-hybridized carbons (Fsp3) is 0.120. The molecule has 5 rings (SSSR count). The summed E-state index contributed by atoms with van der Waals surface area (Å²) in [6.45, 7) is -0.0350. The maximum absolute atomic E-state index is 13.2. The number of methoxy groups -OCH3 is 1. The van der Waals surface area contributed by atoms with E-state index in [-0.39, 0.29) is 24.1 Å². The molecule has 2 heterocycles. The van der Waals surface area contributed by atoms with Crippen LogP contribution in [-0.4, -0.2) is 46.0 Å². The molecule has 2 amide bonds. The molecule has 4 aromatic rings. The predicted octanol–water partition coefficient (Wildman–Crippen LogP) is 4.67. The van der Waals surface area contributed by atoms with Crippen molar-refractivity contribution in [3.63, 3.8) is 0 Å². The average Bonchev–Trinajstić information content (AvgIpc) is 3.30. The topological polar surface area (TPSA) is 89.4 Å². The number of nitrogens with one attached hydrogen (secondary N) is 1. The van der Waals surface area contributed by atoms with Crippen LogP contribution in [0.2, 0.25) is 5.02 Å². The molecule has 35 heavy (non-hydrogen) atoms. The molecule has 0 saturated heterocycles. The first-order chi connectivity index (χ1) is 17.0. The van der Waals surface area contributed by atoms with E-state index in [1.807, 2.05) is 59.2 Å². The van der Waals surface area contributed by atoms with Crippen LogP contribution in [0, 0.1) is 0 Å². The molecule has 0 atom stereocenters. The van der Waals surface area contributed by atoms with E-state index in [1.54, 1.807) is 25.3 Å². The molecule has 1 aliphatic heterocycles. The second-order valence-electron chi connectivity index (χ2n) is 7.65. The molecule has 0 fully saturated rings. The Kier molecular flexibility index (Phi) is 6.43. The van der Waals surface area contributed by atoms with Gasteiger partial charge in [-0.05, 0) is 48.5 Å². The molecule has 0 aliphatic carbocycles. The van der Waals surface area contributed by atoms with Gasteiger partial charge < -0.3 is 15.0 Å². The number of fused-ring (bicyclic) bond motifs is 1. The number of amides is 2. The third-order valence-corrected chi connectivity index (χ3v) is 6.63. The molecule has 10 heteroatoms. The second-order valence-corrected chi connectivity index (χ2v) is 9.03. The van der Waals surface area contributed by atoms with E-state index in [2.05, 4.69) is 15.5 Å². The van der Waals surface area contributed by atoms with E-state index >= 15 is 0 Å². The molecule has 0 saturated carbocycles. The second kappa shape index (κ2) is 9.81. The van der Waals surface area contributed by atoms with Crippen molar-refractivity contribution in [2.45, 2.75) is 5.16 Å². The highest BCUT2D eigenvalue weighted by molar-refractivity contribution is 7.99. The average molecular weight is 506 g/mol. The van der Waals surface area contributed by atoms with Gasteiger partial charge in [0.1, 0.15) is 12.3 Å². The molecule has 0 spiro atoms. The van der Waals surface area contributed by atoms with Crippen LogP contribution in [0.3, 0.4) is 0 Å². The van der Waals surface area contributed by atoms with Crippen LogP contribution in [0.15, 0.2) is 78.0 Å². The van der Waals surface area contributed by atoms with E-state index in [0.29, 0.717) is 33.1 Å². The van der Waals surface area contributed by atoms with Gasteiger partial charge in [-0.15, -0.1) is 10.2 Å². The molecule has 176 valence electrons. The number of halogens is 1. The molecule has 1 aromatic heterocycles. The van der Waals surface area contributed by atoms with Gasteiger partial charge in [-0.2, -0.15) is 0 Å². The lowest BCUT2D eigenvalue weighted by atomic mass is 10.2. The predicted molar refractivity (Wildman–Crippen MR) is 137 cm³/mol. The lowest BCUT2D eigenvalue weighted by Gasteiger charge is -2.29. The third kappa shape index (κ3) is 4.60. The summed E-state index contributed by atoms with van der Waals surface area (Å²) in [7, 11) is 1.60. The summed E-state index contributed by atoms with van der Waals surface area (Å²) in [5.41, 5.74) is 2.84. The summed E-state index contributed by atoms with van der Waals surface area (Å²) >= 11 is 7.36. The van der Waals surface area contributed by atoms with Gasteiger partial charge in [0.15, 0.2) is 11.0 Å². The van der Waals surface area contributed by atoms with Crippen LogP contribution in [0.1, 0.15) is 0 Å². The molecule has 3 aromatic carbocycles. The first kappa shape index (κ1) is 22.9. The molecule has 1 aliphatic rings. The fourth-order valence-electron chi connectivity index (χ4n) is 3.85. The first-order valence-corrected chi connectivity index (χ1v) is 12.1. The number of para-hydroxylation sites is 3. The van der Waals surface area contributed by atoms with Gasteiger partial charge in [-0.1, -0.05) is 47.6 Å². The van der Waals surface area contributed by atoms with Crippen molar-refractivity contribution in [2.75, 3.05) is 29.6 Å².